The standard InChI is InChI=1S/C16H14N4O5/c1-25-11-4-5-13(20(23)24)12(7-11)16(22)17-8-10-9-19-6-2-3-14(21)15(19)18-10/h2-7,9,21H,8H2,1H3,(H,17,22). The summed E-state index contributed by atoms with van der Waals surface area (Å²) in [5, 5.41) is 23.4. The number of rotatable bonds is 5. The molecule has 0 aliphatic carbocycles. The van der Waals surface area contributed by atoms with Crippen molar-refractivity contribution in [3.8, 4) is 11.5 Å². The number of carbonyl (C=O) groups is 1. The number of hydrogen-bond donors (Lipinski definition) is 2. The lowest BCUT2D eigenvalue weighted by Gasteiger charge is -2.06. The van der Waals surface area contributed by atoms with Crippen LogP contribution in [0, 0.1) is 10.1 Å². The number of hydrogen-bond acceptors (Lipinski definition) is 6. The van der Waals surface area contributed by atoms with E-state index >= 15 is 0 Å². The highest BCUT2D eigenvalue weighted by Gasteiger charge is 2.21. The van der Waals surface area contributed by atoms with Gasteiger partial charge in [0, 0.05) is 18.5 Å². The first kappa shape index (κ1) is 16.2. The Morgan fingerprint density at radius 3 is 2.92 bits per heavy atom. The molecule has 2 heterocycles. The average molecular weight is 342 g/mol. The molecule has 25 heavy (non-hydrogen) atoms. The summed E-state index contributed by atoms with van der Waals surface area (Å²) >= 11 is 0. The fourth-order valence-corrected chi connectivity index (χ4v) is 2.38. The molecule has 3 aromatic rings. The third-order valence-corrected chi connectivity index (χ3v) is 3.59. The summed E-state index contributed by atoms with van der Waals surface area (Å²) in [6.07, 6.45) is 3.36. The minimum atomic E-state index is -0.628. The van der Waals surface area contributed by atoms with Gasteiger partial charge in [0.2, 0.25) is 0 Å². The van der Waals surface area contributed by atoms with E-state index in [1.807, 2.05) is 0 Å². The van der Waals surface area contributed by atoms with Gasteiger partial charge in [-0.3, -0.25) is 14.9 Å². The van der Waals surface area contributed by atoms with Gasteiger partial charge in [-0.2, -0.15) is 0 Å². The largest absolute Gasteiger partial charge is 0.504 e. The topological polar surface area (TPSA) is 119 Å². The highest BCUT2D eigenvalue weighted by molar-refractivity contribution is 5.98. The number of methoxy groups -OCH3 is 1. The normalized spacial score (nSPS) is 10.6. The van der Waals surface area contributed by atoms with Crippen LogP contribution in [0.3, 0.4) is 0 Å². The zero-order chi connectivity index (χ0) is 18.0. The van der Waals surface area contributed by atoms with Crippen molar-refractivity contribution in [1.82, 2.24) is 14.7 Å². The van der Waals surface area contributed by atoms with Gasteiger partial charge in [0.25, 0.3) is 11.6 Å². The molecule has 1 amide bonds. The van der Waals surface area contributed by atoms with Crippen LogP contribution >= 0.6 is 0 Å². The molecule has 0 atom stereocenters. The molecule has 128 valence electrons. The Hall–Kier alpha value is -3.62. The first-order chi connectivity index (χ1) is 12.0. The third-order valence-electron chi connectivity index (χ3n) is 3.59. The van der Waals surface area contributed by atoms with Crippen LogP contribution in [0.4, 0.5) is 5.69 Å². The van der Waals surface area contributed by atoms with Crippen molar-refractivity contribution >= 4 is 17.2 Å². The Kier molecular flexibility index (Phi) is 4.21. The predicted molar refractivity (Wildman–Crippen MR) is 87.7 cm³/mol. The molecule has 1 aromatic carbocycles. The van der Waals surface area contributed by atoms with E-state index in [1.165, 1.54) is 31.4 Å². The molecule has 0 radical (unpaired) electrons. The summed E-state index contributed by atoms with van der Waals surface area (Å²) in [7, 11) is 1.41. The van der Waals surface area contributed by atoms with Gasteiger partial charge in [0.05, 0.1) is 24.3 Å². The van der Waals surface area contributed by atoms with Gasteiger partial charge in [-0.1, -0.05) is 0 Å². The molecule has 0 unspecified atom stereocenters. The molecule has 9 heteroatoms. The quantitative estimate of drug-likeness (QED) is 0.540. The fraction of sp³-hybridized carbons (Fsp3) is 0.125. The zero-order valence-electron chi connectivity index (χ0n) is 13.2. The maximum atomic E-state index is 12.3. The molecule has 9 nitrogen and oxygen atoms in total. The smallest absolute Gasteiger partial charge is 0.282 e. The van der Waals surface area contributed by atoms with E-state index in [2.05, 4.69) is 10.3 Å². The average Bonchev–Trinajstić information content (AvgIpc) is 3.03. The van der Waals surface area contributed by atoms with Gasteiger partial charge in [-0.25, -0.2) is 4.98 Å². The number of nitro groups is 1. The molecule has 3 rings (SSSR count). The first-order valence-electron chi connectivity index (χ1n) is 7.26. The first-order valence-corrected chi connectivity index (χ1v) is 7.26. The van der Waals surface area contributed by atoms with Crippen molar-refractivity contribution in [2.24, 2.45) is 0 Å². The monoisotopic (exact) mass is 342 g/mol. The Labute approximate surface area is 141 Å². The van der Waals surface area contributed by atoms with Crippen LogP contribution in [0.25, 0.3) is 5.65 Å². The Morgan fingerprint density at radius 1 is 1.44 bits per heavy atom. The van der Waals surface area contributed by atoms with Crippen molar-refractivity contribution in [2.45, 2.75) is 6.54 Å². The van der Waals surface area contributed by atoms with E-state index < -0.39 is 10.8 Å². The van der Waals surface area contributed by atoms with Crippen molar-refractivity contribution in [3.63, 3.8) is 0 Å². The van der Waals surface area contributed by atoms with Crippen LogP contribution < -0.4 is 10.1 Å². The van der Waals surface area contributed by atoms with Crippen LogP contribution in [0.5, 0.6) is 11.5 Å². The zero-order valence-corrected chi connectivity index (χ0v) is 13.2. The second-order valence-corrected chi connectivity index (χ2v) is 5.18. The number of ether oxygens (including phenoxy) is 1. The van der Waals surface area contributed by atoms with Crippen molar-refractivity contribution in [2.75, 3.05) is 7.11 Å². The molecular formula is C16H14N4O5. The number of fused-ring (bicyclic) bond motifs is 1. The summed E-state index contributed by atoms with van der Waals surface area (Å²) < 4.78 is 6.63. The number of pyridine rings is 1. The maximum absolute atomic E-state index is 12.3. The fourth-order valence-electron chi connectivity index (χ4n) is 2.38. The van der Waals surface area contributed by atoms with E-state index in [9.17, 15) is 20.0 Å². The van der Waals surface area contributed by atoms with Crippen LogP contribution in [-0.4, -0.2) is 32.4 Å². The lowest BCUT2D eigenvalue weighted by atomic mass is 10.1. The maximum Gasteiger partial charge on any atom is 0.282 e. The Morgan fingerprint density at radius 2 is 2.24 bits per heavy atom. The number of nitrogens with zero attached hydrogens (tertiary/aromatic N) is 3. The number of aromatic nitrogens is 2. The second kappa shape index (κ2) is 6.48. The van der Waals surface area contributed by atoms with Crippen LogP contribution in [-0.2, 0) is 6.54 Å². The third kappa shape index (κ3) is 3.20. The Balaban J connectivity index is 1.82. The minimum Gasteiger partial charge on any atom is -0.504 e. The van der Waals surface area contributed by atoms with Crippen LogP contribution in [0.15, 0.2) is 42.7 Å². The minimum absolute atomic E-state index is 0.0171. The molecular weight excluding hydrogens is 328 g/mol. The van der Waals surface area contributed by atoms with E-state index in [0.29, 0.717) is 17.1 Å². The lowest BCUT2D eigenvalue weighted by Crippen LogP contribution is -2.24. The highest BCUT2D eigenvalue weighted by atomic mass is 16.6. The SMILES string of the molecule is COc1ccc([N+](=O)[O-])c(C(=O)NCc2cn3cccc(O)c3n2)c1. The molecule has 0 bridgehead atoms. The lowest BCUT2D eigenvalue weighted by molar-refractivity contribution is -0.385. The number of amides is 1. The second-order valence-electron chi connectivity index (χ2n) is 5.18. The number of imidazole rings is 1. The predicted octanol–water partition coefficient (Wildman–Crippen LogP) is 1.89. The molecule has 0 saturated heterocycles. The molecule has 0 aliphatic heterocycles. The summed E-state index contributed by atoms with van der Waals surface area (Å²) in [6.45, 7) is 0.0499. The summed E-state index contributed by atoms with van der Waals surface area (Å²) in [4.78, 5) is 27.0. The van der Waals surface area contributed by atoms with E-state index in [0.717, 1.165) is 0 Å². The number of carbonyl (C=O) groups excluding carboxylic acids is 1. The van der Waals surface area contributed by atoms with Gasteiger partial charge in [-0.15, -0.1) is 0 Å². The number of benzene rings is 1. The van der Waals surface area contributed by atoms with Gasteiger partial charge in [0.1, 0.15) is 11.3 Å². The highest BCUT2D eigenvalue weighted by Crippen LogP contribution is 2.24. The number of nitrogens with one attached hydrogen (secondary N) is 1. The molecule has 0 aliphatic rings. The van der Waals surface area contributed by atoms with Crippen LogP contribution in [0.2, 0.25) is 0 Å². The number of aromatic hydroxyl groups is 1. The molecule has 2 N–H and O–H groups in total. The van der Waals surface area contributed by atoms with Crippen LogP contribution in [0.1, 0.15) is 16.1 Å². The van der Waals surface area contributed by atoms with Crippen molar-refractivity contribution in [1.29, 1.82) is 0 Å². The molecule has 2 aromatic heterocycles. The van der Waals surface area contributed by atoms with Crippen molar-refractivity contribution < 1.29 is 19.6 Å². The van der Waals surface area contributed by atoms with Crippen molar-refractivity contribution in [3.05, 3.63) is 64.1 Å². The summed E-state index contributed by atoms with van der Waals surface area (Å²) in [6, 6.07) is 7.11. The van der Waals surface area contributed by atoms with E-state index in [4.69, 9.17) is 4.74 Å². The van der Waals surface area contributed by atoms with E-state index in [-0.39, 0.29) is 23.5 Å². The van der Waals surface area contributed by atoms with Gasteiger partial charge < -0.3 is 19.6 Å². The van der Waals surface area contributed by atoms with Gasteiger partial charge >= 0.3 is 0 Å². The summed E-state index contributed by atoms with van der Waals surface area (Å²) in [5.74, 6) is -0.260. The molecule has 0 fully saturated rings. The molecule has 0 saturated carbocycles. The summed E-state index contributed by atoms with van der Waals surface area (Å²) in [5.41, 5.74) is 0.446. The van der Waals surface area contributed by atoms with Gasteiger partial charge in [0.15, 0.2) is 11.4 Å². The number of nitro benzene ring substituents is 1. The van der Waals surface area contributed by atoms with E-state index in [1.54, 1.807) is 22.9 Å². The van der Waals surface area contributed by atoms with Gasteiger partial charge in [-0.05, 0) is 24.3 Å². The molecule has 0 spiro atoms. The Bertz CT molecular complexity index is 966.